The first kappa shape index (κ1) is 12.8. The molecule has 1 amide bonds. The molecule has 7 nitrogen and oxygen atoms in total. The maximum atomic E-state index is 11.5. The number of aromatic hydroxyl groups is 2. The van der Waals surface area contributed by atoms with E-state index >= 15 is 0 Å². The Morgan fingerprint density at radius 2 is 1.76 bits per heavy atom. The van der Waals surface area contributed by atoms with Crippen molar-refractivity contribution in [3.8, 4) is 11.5 Å². The van der Waals surface area contributed by atoms with Gasteiger partial charge in [0.25, 0.3) is 5.91 Å². The molecule has 0 aliphatic heterocycles. The molecule has 1 unspecified atom stereocenters. The summed E-state index contributed by atoms with van der Waals surface area (Å²) in [5, 5.41) is 38.0. The fraction of sp³-hybridized carbons (Fsp3) is 0.200. The SMILES string of the molecule is O=C(NCC(O)C(=O)O)c1c(O)cccc1O. The van der Waals surface area contributed by atoms with Crippen LogP contribution in [0.5, 0.6) is 11.5 Å². The van der Waals surface area contributed by atoms with E-state index in [0.717, 1.165) is 0 Å². The van der Waals surface area contributed by atoms with E-state index in [4.69, 9.17) is 10.2 Å². The minimum Gasteiger partial charge on any atom is -0.507 e. The van der Waals surface area contributed by atoms with Gasteiger partial charge >= 0.3 is 5.97 Å². The van der Waals surface area contributed by atoms with Crippen LogP contribution in [0.4, 0.5) is 0 Å². The predicted octanol–water partition coefficient (Wildman–Crippen LogP) is -0.727. The molecule has 0 saturated heterocycles. The Bertz CT molecular complexity index is 424. The average molecular weight is 241 g/mol. The maximum absolute atomic E-state index is 11.5. The molecule has 7 heteroatoms. The molecule has 1 aromatic rings. The Kier molecular flexibility index (Phi) is 3.89. The Hall–Kier alpha value is -2.28. The van der Waals surface area contributed by atoms with Crippen LogP contribution in [0.1, 0.15) is 10.4 Å². The number of carbonyl (C=O) groups is 2. The summed E-state index contributed by atoms with van der Waals surface area (Å²) in [5.41, 5.74) is -0.370. The van der Waals surface area contributed by atoms with Crippen molar-refractivity contribution in [3.05, 3.63) is 23.8 Å². The third-order valence-electron chi connectivity index (χ3n) is 1.99. The molecule has 1 aromatic carbocycles. The number of carboxylic acid groups (broad SMARTS) is 1. The van der Waals surface area contributed by atoms with Gasteiger partial charge in [-0.3, -0.25) is 4.79 Å². The summed E-state index contributed by atoms with van der Waals surface area (Å²) >= 11 is 0. The smallest absolute Gasteiger partial charge is 0.334 e. The predicted molar refractivity (Wildman–Crippen MR) is 55.7 cm³/mol. The van der Waals surface area contributed by atoms with Crippen LogP contribution in [0.15, 0.2) is 18.2 Å². The number of amides is 1. The number of carboxylic acids is 1. The van der Waals surface area contributed by atoms with E-state index in [2.05, 4.69) is 5.32 Å². The molecule has 0 aromatic heterocycles. The van der Waals surface area contributed by atoms with Crippen molar-refractivity contribution in [1.29, 1.82) is 0 Å². The number of phenols is 2. The van der Waals surface area contributed by atoms with E-state index in [9.17, 15) is 19.8 Å². The summed E-state index contributed by atoms with van der Waals surface area (Å²) in [6.45, 7) is -0.526. The first-order chi connectivity index (χ1) is 7.93. The molecule has 0 fully saturated rings. The van der Waals surface area contributed by atoms with Crippen LogP contribution in [0.3, 0.4) is 0 Å². The first-order valence-electron chi connectivity index (χ1n) is 4.63. The summed E-state index contributed by atoms with van der Waals surface area (Å²) in [6.07, 6.45) is -1.74. The number of phenolic OH excluding ortho intramolecular Hbond substituents is 2. The number of aliphatic carboxylic acids is 1. The summed E-state index contributed by atoms with van der Waals surface area (Å²) in [7, 11) is 0. The van der Waals surface area contributed by atoms with E-state index in [1.165, 1.54) is 18.2 Å². The van der Waals surface area contributed by atoms with Gasteiger partial charge in [0.1, 0.15) is 17.1 Å². The van der Waals surface area contributed by atoms with Gasteiger partial charge in [0, 0.05) is 0 Å². The van der Waals surface area contributed by atoms with Crippen LogP contribution in [-0.2, 0) is 4.79 Å². The number of benzene rings is 1. The molecule has 1 atom stereocenters. The van der Waals surface area contributed by atoms with E-state index in [1.54, 1.807) is 0 Å². The average Bonchev–Trinajstić information content (AvgIpc) is 2.25. The topological polar surface area (TPSA) is 127 Å². The van der Waals surface area contributed by atoms with Gasteiger partial charge in [0.2, 0.25) is 0 Å². The maximum Gasteiger partial charge on any atom is 0.334 e. The fourth-order valence-electron chi connectivity index (χ4n) is 1.13. The number of rotatable bonds is 4. The Morgan fingerprint density at radius 3 is 2.24 bits per heavy atom. The highest BCUT2D eigenvalue weighted by Crippen LogP contribution is 2.25. The fourth-order valence-corrected chi connectivity index (χ4v) is 1.13. The zero-order valence-electron chi connectivity index (χ0n) is 8.62. The largest absolute Gasteiger partial charge is 0.507 e. The van der Waals surface area contributed by atoms with Gasteiger partial charge in [-0.2, -0.15) is 0 Å². The highest BCUT2D eigenvalue weighted by molar-refractivity contribution is 5.99. The molecule has 0 aliphatic carbocycles. The molecule has 0 radical (unpaired) electrons. The molecule has 92 valence electrons. The lowest BCUT2D eigenvalue weighted by Gasteiger charge is -2.09. The Morgan fingerprint density at radius 1 is 1.24 bits per heavy atom. The molecule has 0 heterocycles. The molecule has 17 heavy (non-hydrogen) atoms. The number of aliphatic hydroxyl groups excluding tert-OH is 1. The number of hydrogen-bond donors (Lipinski definition) is 5. The highest BCUT2D eigenvalue weighted by atomic mass is 16.4. The molecule has 0 aliphatic rings. The zero-order valence-corrected chi connectivity index (χ0v) is 8.62. The lowest BCUT2D eigenvalue weighted by atomic mass is 10.1. The van der Waals surface area contributed by atoms with Crippen molar-refractivity contribution in [3.63, 3.8) is 0 Å². The quantitative estimate of drug-likeness (QED) is 0.473. The van der Waals surface area contributed by atoms with E-state index in [0.29, 0.717) is 0 Å². The van der Waals surface area contributed by atoms with Gasteiger partial charge in [-0.25, -0.2) is 4.79 Å². The second-order valence-corrected chi connectivity index (χ2v) is 3.24. The van der Waals surface area contributed by atoms with Gasteiger partial charge in [0.05, 0.1) is 6.54 Å². The molecule has 0 spiro atoms. The normalized spacial score (nSPS) is 11.8. The van der Waals surface area contributed by atoms with Gasteiger partial charge in [0.15, 0.2) is 6.10 Å². The summed E-state index contributed by atoms with van der Waals surface area (Å²) in [4.78, 5) is 21.8. The van der Waals surface area contributed by atoms with Gasteiger partial charge in [-0.1, -0.05) is 6.07 Å². The number of aliphatic hydroxyl groups is 1. The molecule has 1 rings (SSSR count). The van der Waals surface area contributed by atoms with Crippen LogP contribution >= 0.6 is 0 Å². The standard InChI is InChI=1S/C10H11NO6/c12-5-2-1-3-6(13)8(5)9(15)11-4-7(14)10(16)17/h1-3,7,12-14H,4H2,(H,11,15)(H,16,17). The third kappa shape index (κ3) is 3.08. The van der Waals surface area contributed by atoms with Crippen LogP contribution in [0.2, 0.25) is 0 Å². The lowest BCUT2D eigenvalue weighted by Crippen LogP contribution is -2.36. The molecular weight excluding hydrogens is 230 g/mol. The van der Waals surface area contributed by atoms with Crippen molar-refractivity contribution in [2.45, 2.75) is 6.10 Å². The first-order valence-corrected chi connectivity index (χ1v) is 4.63. The van der Waals surface area contributed by atoms with Gasteiger partial charge in [-0.05, 0) is 12.1 Å². The van der Waals surface area contributed by atoms with E-state index < -0.39 is 36.0 Å². The minimum atomic E-state index is -1.74. The Balaban J connectivity index is 2.74. The van der Waals surface area contributed by atoms with E-state index in [-0.39, 0.29) is 5.56 Å². The second-order valence-electron chi connectivity index (χ2n) is 3.24. The Labute approximate surface area is 95.9 Å². The zero-order chi connectivity index (χ0) is 13.0. The minimum absolute atomic E-state index is 0.370. The molecular formula is C10H11NO6. The highest BCUT2D eigenvalue weighted by Gasteiger charge is 2.19. The van der Waals surface area contributed by atoms with Crippen LogP contribution in [-0.4, -0.2) is 45.0 Å². The molecule has 0 bridgehead atoms. The van der Waals surface area contributed by atoms with Gasteiger partial charge in [-0.15, -0.1) is 0 Å². The summed E-state index contributed by atoms with van der Waals surface area (Å²) in [5.74, 6) is -3.23. The summed E-state index contributed by atoms with van der Waals surface area (Å²) in [6, 6.07) is 3.73. The van der Waals surface area contributed by atoms with Crippen molar-refractivity contribution in [2.24, 2.45) is 0 Å². The monoisotopic (exact) mass is 241 g/mol. The number of hydrogen-bond acceptors (Lipinski definition) is 5. The van der Waals surface area contributed by atoms with Gasteiger partial charge < -0.3 is 25.7 Å². The van der Waals surface area contributed by atoms with Crippen LogP contribution < -0.4 is 5.32 Å². The second kappa shape index (κ2) is 5.17. The van der Waals surface area contributed by atoms with E-state index in [1.807, 2.05) is 0 Å². The van der Waals surface area contributed by atoms with Crippen LogP contribution in [0, 0.1) is 0 Å². The summed E-state index contributed by atoms with van der Waals surface area (Å²) < 4.78 is 0. The number of carbonyl (C=O) groups excluding carboxylic acids is 1. The van der Waals surface area contributed by atoms with Crippen molar-refractivity contribution in [1.82, 2.24) is 5.32 Å². The lowest BCUT2D eigenvalue weighted by molar-refractivity contribution is -0.146. The van der Waals surface area contributed by atoms with Crippen molar-refractivity contribution >= 4 is 11.9 Å². The molecule has 0 saturated carbocycles. The number of nitrogens with one attached hydrogen (secondary N) is 1. The van der Waals surface area contributed by atoms with Crippen molar-refractivity contribution in [2.75, 3.05) is 6.54 Å². The van der Waals surface area contributed by atoms with Crippen molar-refractivity contribution < 1.29 is 30.0 Å². The molecule has 5 N–H and O–H groups in total. The van der Waals surface area contributed by atoms with Crippen LogP contribution in [0.25, 0.3) is 0 Å². The third-order valence-corrected chi connectivity index (χ3v) is 1.99.